The first-order chi connectivity index (χ1) is 19.1. The van der Waals surface area contributed by atoms with Crippen molar-refractivity contribution in [2.24, 2.45) is 11.7 Å². The highest BCUT2D eigenvalue weighted by atomic mass is 32.1. The Morgan fingerprint density at radius 3 is 2.25 bits per heavy atom. The summed E-state index contributed by atoms with van der Waals surface area (Å²) in [6.07, 6.45) is 3.69. The minimum absolute atomic E-state index is 0.154. The molecule has 1 saturated heterocycles. The fourth-order valence-electron chi connectivity index (χ4n) is 5.50. The molecule has 3 aromatic rings. The summed E-state index contributed by atoms with van der Waals surface area (Å²) >= 11 is 1.53. The number of likely N-dealkylation sites (tertiary alicyclic amines) is 1. The molecular formula is C31H34N4O4S. The highest BCUT2D eigenvalue weighted by Crippen LogP contribution is 2.46. The van der Waals surface area contributed by atoms with Gasteiger partial charge in [0.15, 0.2) is 5.78 Å². The van der Waals surface area contributed by atoms with Gasteiger partial charge in [-0.2, -0.15) is 0 Å². The SMILES string of the molecule is CCNC(=O)N1C(C=Cc2ccccc2)C(C(=O)c2cc(C)sc2C)C(c2ccc(NC(C)=O)cc2)C1C(N)=O. The predicted molar refractivity (Wildman–Crippen MR) is 158 cm³/mol. The summed E-state index contributed by atoms with van der Waals surface area (Å²) in [7, 11) is 0. The zero-order valence-corrected chi connectivity index (χ0v) is 23.8. The van der Waals surface area contributed by atoms with E-state index in [1.165, 1.54) is 23.2 Å². The summed E-state index contributed by atoms with van der Waals surface area (Å²) in [5.41, 5.74) is 8.72. The Kier molecular flexibility index (Phi) is 8.84. The van der Waals surface area contributed by atoms with E-state index in [0.29, 0.717) is 23.4 Å². The minimum atomic E-state index is -1.09. The highest BCUT2D eigenvalue weighted by molar-refractivity contribution is 7.12. The predicted octanol–water partition coefficient (Wildman–Crippen LogP) is 4.89. The van der Waals surface area contributed by atoms with Crippen molar-refractivity contribution < 1.29 is 19.2 Å². The van der Waals surface area contributed by atoms with Gasteiger partial charge in [-0.15, -0.1) is 11.3 Å². The van der Waals surface area contributed by atoms with Crippen LogP contribution in [0.1, 0.15) is 51.0 Å². The number of anilines is 1. The molecule has 4 N–H and O–H groups in total. The second-order valence-electron chi connectivity index (χ2n) is 9.90. The topological polar surface area (TPSA) is 122 Å². The van der Waals surface area contributed by atoms with Crippen LogP contribution >= 0.6 is 11.3 Å². The molecule has 2 aromatic carbocycles. The van der Waals surface area contributed by atoms with E-state index in [9.17, 15) is 19.2 Å². The van der Waals surface area contributed by atoms with Crippen LogP contribution in [-0.2, 0) is 9.59 Å². The number of carbonyl (C=O) groups excluding carboxylic acids is 4. The molecule has 8 nitrogen and oxygen atoms in total. The van der Waals surface area contributed by atoms with Gasteiger partial charge in [-0.05, 0) is 50.1 Å². The number of amides is 4. The van der Waals surface area contributed by atoms with Crippen LogP contribution in [0.3, 0.4) is 0 Å². The van der Waals surface area contributed by atoms with Crippen LogP contribution in [0.15, 0.2) is 66.7 Å². The zero-order chi connectivity index (χ0) is 29.0. The molecule has 4 unspecified atom stereocenters. The van der Waals surface area contributed by atoms with Crippen LogP contribution in [0, 0.1) is 19.8 Å². The Bertz CT molecular complexity index is 1430. The van der Waals surface area contributed by atoms with Crippen molar-refractivity contribution in [3.05, 3.63) is 93.2 Å². The molecule has 4 amide bonds. The summed E-state index contributed by atoms with van der Waals surface area (Å²) in [4.78, 5) is 55.9. The van der Waals surface area contributed by atoms with Crippen LogP contribution in [0.2, 0.25) is 0 Å². The van der Waals surface area contributed by atoms with E-state index >= 15 is 0 Å². The summed E-state index contributed by atoms with van der Waals surface area (Å²) in [6, 6.07) is 16.1. The van der Waals surface area contributed by atoms with E-state index < -0.39 is 35.9 Å². The molecule has 40 heavy (non-hydrogen) atoms. The first kappa shape index (κ1) is 28.8. The molecule has 2 heterocycles. The van der Waals surface area contributed by atoms with E-state index in [0.717, 1.165) is 15.3 Å². The number of thiophene rings is 1. The molecule has 1 fully saturated rings. The maximum Gasteiger partial charge on any atom is 0.318 e. The van der Waals surface area contributed by atoms with Crippen LogP contribution < -0.4 is 16.4 Å². The monoisotopic (exact) mass is 558 g/mol. The van der Waals surface area contributed by atoms with Gasteiger partial charge < -0.3 is 21.3 Å². The average molecular weight is 559 g/mol. The minimum Gasteiger partial charge on any atom is -0.368 e. The number of hydrogen-bond donors (Lipinski definition) is 3. The lowest BCUT2D eigenvalue weighted by atomic mass is 9.77. The molecule has 0 saturated carbocycles. The Morgan fingerprint density at radius 1 is 1.02 bits per heavy atom. The Labute approximate surface area is 238 Å². The van der Waals surface area contributed by atoms with Gasteiger partial charge in [-0.3, -0.25) is 14.4 Å². The number of urea groups is 1. The lowest BCUT2D eigenvalue weighted by Crippen LogP contribution is -2.52. The summed E-state index contributed by atoms with van der Waals surface area (Å²) in [5.74, 6) is -2.58. The standard InChI is InChI=1S/C31H34N4O4S/c1-5-33-31(39)35-25(16-11-21-9-7-6-8-10-21)27(29(37)24-17-18(2)40-19(24)3)26(28(35)30(32)38)22-12-14-23(15-13-22)34-20(4)36/h6-17,25-28H,5H2,1-4H3,(H2,32,38)(H,33,39)(H,34,36). The molecule has 0 spiro atoms. The number of rotatable bonds is 8. The van der Waals surface area contributed by atoms with Crippen molar-refractivity contribution in [2.75, 3.05) is 11.9 Å². The average Bonchev–Trinajstić information content (AvgIpc) is 3.44. The van der Waals surface area contributed by atoms with Crippen molar-refractivity contribution in [2.45, 2.75) is 45.7 Å². The Morgan fingerprint density at radius 2 is 1.70 bits per heavy atom. The maximum absolute atomic E-state index is 14.4. The molecule has 0 radical (unpaired) electrons. The van der Waals surface area contributed by atoms with E-state index in [1.54, 1.807) is 31.2 Å². The van der Waals surface area contributed by atoms with Gasteiger partial charge in [-0.1, -0.05) is 54.6 Å². The number of aryl methyl sites for hydroxylation is 2. The lowest BCUT2D eigenvalue weighted by Gasteiger charge is -2.28. The molecule has 1 aliphatic heterocycles. The van der Waals surface area contributed by atoms with Gasteiger partial charge in [0, 0.05) is 40.4 Å². The quantitative estimate of drug-likeness (QED) is 0.341. The number of Topliss-reactive ketones (excluding diaryl/α,β-unsaturated/α-hetero) is 1. The van der Waals surface area contributed by atoms with Gasteiger partial charge in [0.2, 0.25) is 11.8 Å². The zero-order valence-electron chi connectivity index (χ0n) is 23.0. The molecule has 0 bridgehead atoms. The van der Waals surface area contributed by atoms with Crippen LogP contribution in [0.4, 0.5) is 10.5 Å². The molecule has 4 atom stereocenters. The third-order valence-corrected chi connectivity index (χ3v) is 8.05. The Balaban J connectivity index is 1.91. The molecular weight excluding hydrogens is 524 g/mol. The molecule has 1 aromatic heterocycles. The number of nitrogens with two attached hydrogens (primary N) is 1. The molecule has 9 heteroatoms. The first-order valence-electron chi connectivity index (χ1n) is 13.2. The number of primary amides is 1. The van der Waals surface area contributed by atoms with Gasteiger partial charge in [0.25, 0.3) is 0 Å². The maximum atomic E-state index is 14.4. The summed E-state index contributed by atoms with van der Waals surface area (Å²) < 4.78 is 0. The second kappa shape index (κ2) is 12.3. The third-order valence-electron chi connectivity index (χ3n) is 7.08. The molecule has 0 aliphatic carbocycles. The van der Waals surface area contributed by atoms with Crippen LogP contribution in [0.25, 0.3) is 6.08 Å². The van der Waals surface area contributed by atoms with Gasteiger partial charge in [-0.25, -0.2) is 4.79 Å². The second-order valence-corrected chi connectivity index (χ2v) is 11.4. The normalized spacial score (nSPS) is 20.4. The smallest absolute Gasteiger partial charge is 0.318 e. The Hall–Kier alpha value is -4.24. The van der Waals surface area contributed by atoms with Crippen LogP contribution in [0.5, 0.6) is 0 Å². The van der Waals surface area contributed by atoms with Gasteiger partial charge >= 0.3 is 6.03 Å². The summed E-state index contributed by atoms with van der Waals surface area (Å²) in [5, 5.41) is 5.54. The number of benzene rings is 2. The van der Waals surface area contributed by atoms with Crippen molar-refractivity contribution in [3.63, 3.8) is 0 Å². The van der Waals surface area contributed by atoms with Crippen molar-refractivity contribution in [1.29, 1.82) is 0 Å². The number of ketones is 1. The fourth-order valence-corrected chi connectivity index (χ4v) is 6.43. The van der Waals surface area contributed by atoms with E-state index in [1.807, 2.05) is 62.4 Å². The van der Waals surface area contributed by atoms with Gasteiger partial charge in [0.1, 0.15) is 6.04 Å². The fraction of sp³-hybridized carbons (Fsp3) is 0.290. The summed E-state index contributed by atoms with van der Waals surface area (Å²) in [6.45, 7) is 7.40. The van der Waals surface area contributed by atoms with Crippen molar-refractivity contribution in [3.8, 4) is 0 Å². The molecule has 1 aliphatic rings. The molecule has 4 rings (SSSR count). The van der Waals surface area contributed by atoms with Crippen molar-refractivity contribution >= 4 is 46.7 Å². The number of carbonyl (C=O) groups is 4. The van der Waals surface area contributed by atoms with E-state index in [4.69, 9.17) is 5.73 Å². The third kappa shape index (κ3) is 5.99. The lowest BCUT2D eigenvalue weighted by molar-refractivity contribution is -0.122. The number of hydrogen-bond acceptors (Lipinski definition) is 5. The van der Waals surface area contributed by atoms with Gasteiger partial charge in [0.05, 0.1) is 12.0 Å². The van der Waals surface area contributed by atoms with Crippen LogP contribution in [-0.4, -0.2) is 47.2 Å². The highest BCUT2D eigenvalue weighted by Gasteiger charge is 2.55. The molecule has 208 valence electrons. The van der Waals surface area contributed by atoms with E-state index in [-0.39, 0.29) is 11.7 Å². The number of nitrogens with one attached hydrogen (secondary N) is 2. The first-order valence-corrected chi connectivity index (χ1v) is 14.0. The van der Waals surface area contributed by atoms with Crippen molar-refractivity contribution in [1.82, 2.24) is 10.2 Å². The largest absolute Gasteiger partial charge is 0.368 e. The number of nitrogens with zero attached hydrogens (tertiary/aromatic N) is 1. The van der Waals surface area contributed by atoms with E-state index in [2.05, 4.69) is 10.6 Å².